The Morgan fingerprint density at radius 1 is 1.14 bits per heavy atom. The normalized spacial score (nSPS) is 18.0. The first-order chi connectivity index (χ1) is 17.6. The first-order valence-electron chi connectivity index (χ1n) is 12.2. The van der Waals surface area contributed by atoms with E-state index < -0.39 is 23.1 Å². The second-order valence-corrected chi connectivity index (χ2v) is 10.1. The van der Waals surface area contributed by atoms with E-state index in [9.17, 15) is 23.1 Å². The van der Waals surface area contributed by atoms with Crippen molar-refractivity contribution in [2.45, 2.75) is 50.7 Å². The summed E-state index contributed by atoms with van der Waals surface area (Å²) in [5.41, 5.74) is -0.597. The molecule has 6 nitrogen and oxygen atoms in total. The first kappa shape index (κ1) is 26.8. The van der Waals surface area contributed by atoms with Gasteiger partial charge in [-0.15, -0.1) is 0 Å². The van der Waals surface area contributed by atoms with Crippen molar-refractivity contribution in [2.75, 3.05) is 22.7 Å². The predicted molar refractivity (Wildman–Crippen MR) is 140 cm³/mol. The van der Waals surface area contributed by atoms with Crippen LogP contribution in [0.25, 0.3) is 11.3 Å². The molecular formula is C27H29F3N4O2S. The average molecular weight is 531 g/mol. The fraction of sp³-hybridized carbons (Fsp3) is 0.370. The number of carbonyl (C=O) groups is 1. The van der Waals surface area contributed by atoms with E-state index in [1.165, 1.54) is 6.07 Å². The molecule has 1 saturated heterocycles. The number of pyridine rings is 2. The van der Waals surface area contributed by atoms with Crippen LogP contribution in [0.4, 0.5) is 24.8 Å². The molecule has 196 valence electrons. The molecule has 10 heteroatoms. The number of benzene rings is 1. The number of aryl methyl sites for hydroxylation is 1. The van der Waals surface area contributed by atoms with Crippen molar-refractivity contribution in [3.63, 3.8) is 0 Å². The van der Waals surface area contributed by atoms with Crippen LogP contribution < -0.4 is 9.62 Å². The van der Waals surface area contributed by atoms with Crippen molar-refractivity contribution < 1.29 is 23.1 Å². The average Bonchev–Trinajstić information content (AvgIpc) is 2.87. The Morgan fingerprint density at radius 3 is 2.62 bits per heavy atom. The number of anilines is 2. The Kier molecular flexibility index (Phi) is 7.96. The van der Waals surface area contributed by atoms with Crippen LogP contribution in [0, 0.1) is 12.3 Å². The highest BCUT2D eigenvalue weighted by Crippen LogP contribution is 2.39. The molecule has 0 bridgehead atoms. The quantitative estimate of drug-likeness (QED) is 0.302. The molecule has 0 saturated carbocycles. The maximum absolute atomic E-state index is 13.7. The monoisotopic (exact) mass is 530 g/mol. The molecule has 1 fully saturated rings. The molecule has 0 aliphatic carbocycles. The largest absolute Gasteiger partial charge is 0.481 e. The molecule has 3 heterocycles. The van der Waals surface area contributed by atoms with Gasteiger partial charge < -0.3 is 14.7 Å². The number of nitrogens with zero attached hydrogens (tertiary/aromatic N) is 3. The number of hydrogen-bond acceptors (Lipinski definition) is 6. The minimum Gasteiger partial charge on any atom is -0.481 e. The van der Waals surface area contributed by atoms with Crippen molar-refractivity contribution in [2.24, 2.45) is 5.41 Å². The molecule has 1 aliphatic heterocycles. The van der Waals surface area contributed by atoms with Gasteiger partial charge >= 0.3 is 12.1 Å². The summed E-state index contributed by atoms with van der Waals surface area (Å²) in [7, 11) is 0. The fourth-order valence-corrected chi connectivity index (χ4v) is 5.43. The summed E-state index contributed by atoms with van der Waals surface area (Å²) in [5.74, 6) is 0.174. The van der Waals surface area contributed by atoms with Crippen molar-refractivity contribution in [3.8, 4) is 11.3 Å². The molecule has 1 atom stereocenters. The Balaban J connectivity index is 1.55. The molecule has 4 rings (SSSR count). The predicted octanol–water partition coefficient (Wildman–Crippen LogP) is 7.06. The molecule has 2 N–H and O–H groups in total. The van der Waals surface area contributed by atoms with Gasteiger partial charge in [0.25, 0.3) is 0 Å². The number of piperidine rings is 1. The van der Waals surface area contributed by atoms with Crippen LogP contribution in [0.3, 0.4) is 0 Å². The SMILES string of the molecule is CCCC1(C(=O)O)CCCN(c2cccc(SNc3ccc(C(F)(F)F)c(-c4ccccc4C)n3)n2)C1. The number of rotatable bonds is 8. The standard InChI is InChI=1S/C27H29F3N4O2S/c1-3-14-26(25(35)36)15-7-16-34(17-26)22-10-6-11-23(32-22)37-33-21-13-12-20(27(28,29)30)24(31-21)19-9-5-4-8-18(19)2/h4-6,8-13H,3,7,14-17H2,1-2H3,(H,31,33)(H,35,36). The molecule has 1 unspecified atom stereocenters. The van der Waals surface area contributed by atoms with Crippen molar-refractivity contribution in [1.29, 1.82) is 0 Å². The highest BCUT2D eigenvalue weighted by molar-refractivity contribution is 8.00. The van der Waals surface area contributed by atoms with Crippen LogP contribution in [-0.4, -0.2) is 34.1 Å². The zero-order valence-corrected chi connectivity index (χ0v) is 21.5. The molecule has 1 aliphatic rings. The zero-order valence-electron chi connectivity index (χ0n) is 20.7. The third-order valence-corrected chi connectivity index (χ3v) is 7.40. The van der Waals surface area contributed by atoms with Crippen molar-refractivity contribution >= 4 is 29.6 Å². The van der Waals surface area contributed by atoms with Crippen LogP contribution >= 0.6 is 11.9 Å². The van der Waals surface area contributed by atoms with Crippen LogP contribution in [0.2, 0.25) is 0 Å². The number of aliphatic carboxylic acids is 1. The molecular weight excluding hydrogens is 501 g/mol. The second kappa shape index (κ2) is 11.0. The summed E-state index contributed by atoms with van der Waals surface area (Å²) in [5, 5.41) is 10.5. The zero-order chi connectivity index (χ0) is 26.6. The lowest BCUT2D eigenvalue weighted by atomic mass is 9.76. The number of hydrogen-bond donors (Lipinski definition) is 2. The van der Waals surface area contributed by atoms with Crippen LogP contribution in [0.5, 0.6) is 0 Å². The van der Waals surface area contributed by atoms with E-state index in [1.807, 2.05) is 24.0 Å². The number of alkyl halides is 3. The maximum Gasteiger partial charge on any atom is 0.418 e. The topological polar surface area (TPSA) is 78.4 Å². The van der Waals surface area contributed by atoms with Gasteiger partial charge in [0.05, 0.1) is 16.7 Å². The van der Waals surface area contributed by atoms with E-state index in [1.54, 1.807) is 37.3 Å². The number of carboxylic acids is 1. The van der Waals surface area contributed by atoms with E-state index >= 15 is 0 Å². The highest BCUT2D eigenvalue weighted by Gasteiger charge is 2.42. The van der Waals surface area contributed by atoms with Crippen molar-refractivity contribution in [3.05, 3.63) is 65.7 Å². The third kappa shape index (κ3) is 6.01. The molecule has 0 spiro atoms. The van der Waals surface area contributed by atoms with Gasteiger partial charge in [-0.2, -0.15) is 13.2 Å². The fourth-order valence-electron chi connectivity index (χ4n) is 4.82. The van der Waals surface area contributed by atoms with Crippen LogP contribution in [-0.2, 0) is 11.0 Å². The van der Waals surface area contributed by atoms with Gasteiger partial charge in [0.15, 0.2) is 0 Å². The lowest BCUT2D eigenvalue weighted by molar-refractivity contribution is -0.150. The summed E-state index contributed by atoms with van der Waals surface area (Å²) < 4.78 is 44.1. The second-order valence-electron chi connectivity index (χ2n) is 9.30. The van der Waals surface area contributed by atoms with E-state index in [2.05, 4.69) is 14.7 Å². The molecule has 0 radical (unpaired) electrons. The van der Waals surface area contributed by atoms with E-state index in [0.717, 1.165) is 30.9 Å². The van der Waals surface area contributed by atoms with E-state index in [0.29, 0.717) is 47.9 Å². The molecule has 1 aromatic carbocycles. The minimum atomic E-state index is -4.54. The Labute approximate surface area is 218 Å². The Morgan fingerprint density at radius 2 is 1.92 bits per heavy atom. The summed E-state index contributed by atoms with van der Waals surface area (Å²) in [4.78, 5) is 23.0. The molecule has 37 heavy (non-hydrogen) atoms. The Bertz CT molecular complexity index is 1270. The van der Waals surface area contributed by atoms with E-state index in [-0.39, 0.29) is 11.5 Å². The summed E-state index contributed by atoms with van der Waals surface area (Å²) in [6.45, 7) is 4.85. The first-order valence-corrected chi connectivity index (χ1v) is 13.0. The summed E-state index contributed by atoms with van der Waals surface area (Å²) in [6, 6.07) is 14.6. The van der Waals surface area contributed by atoms with Gasteiger partial charge in [-0.25, -0.2) is 9.97 Å². The number of halogens is 3. The molecule has 0 amide bonds. The van der Waals surface area contributed by atoms with Crippen LogP contribution in [0.15, 0.2) is 59.6 Å². The van der Waals surface area contributed by atoms with Gasteiger partial charge in [0, 0.05) is 30.6 Å². The van der Waals surface area contributed by atoms with Gasteiger partial charge in [-0.1, -0.05) is 43.7 Å². The van der Waals surface area contributed by atoms with Crippen LogP contribution in [0.1, 0.15) is 43.7 Å². The smallest absolute Gasteiger partial charge is 0.418 e. The summed E-state index contributed by atoms with van der Waals surface area (Å²) in [6.07, 6.45) is -1.73. The van der Waals surface area contributed by atoms with Gasteiger partial charge in [0.1, 0.15) is 16.7 Å². The van der Waals surface area contributed by atoms with Gasteiger partial charge in [0.2, 0.25) is 0 Å². The number of nitrogens with one attached hydrogen (secondary N) is 1. The lowest BCUT2D eigenvalue weighted by Gasteiger charge is -2.40. The number of carboxylic acid groups (broad SMARTS) is 1. The molecule has 3 aromatic rings. The van der Waals surface area contributed by atoms with Crippen molar-refractivity contribution in [1.82, 2.24) is 9.97 Å². The summed E-state index contributed by atoms with van der Waals surface area (Å²) >= 11 is 1.14. The lowest BCUT2D eigenvalue weighted by Crippen LogP contribution is -2.48. The Hall–Kier alpha value is -3.27. The highest BCUT2D eigenvalue weighted by atomic mass is 32.2. The van der Waals surface area contributed by atoms with E-state index in [4.69, 9.17) is 0 Å². The van der Waals surface area contributed by atoms with Gasteiger partial charge in [-0.05, 0) is 56.0 Å². The maximum atomic E-state index is 13.7. The molecule has 2 aromatic heterocycles. The third-order valence-electron chi connectivity index (χ3n) is 6.65. The minimum absolute atomic E-state index is 0.132. The number of aromatic nitrogens is 2. The van der Waals surface area contributed by atoms with Gasteiger partial charge in [-0.3, -0.25) is 4.79 Å².